The second-order valence-electron chi connectivity index (χ2n) is 4.91. The first kappa shape index (κ1) is 12.6. The second kappa shape index (κ2) is 5.72. The van der Waals surface area contributed by atoms with E-state index in [0.29, 0.717) is 11.1 Å². The van der Waals surface area contributed by atoms with Gasteiger partial charge in [-0.25, -0.2) is 9.97 Å². The average molecular weight is 278 g/mol. The smallest absolute Gasteiger partial charge is 0.193 e. The fourth-order valence-electron chi connectivity index (χ4n) is 2.64. The number of halogens is 1. The summed E-state index contributed by atoms with van der Waals surface area (Å²) in [6.45, 7) is 2.92. The van der Waals surface area contributed by atoms with Crippen LogP contribution in [0, 0.1) is 0 Å². The van der Waals surface area contributed by atoms with Crippen LogP contribution < -0.4 is 0 Å². The van der Waals surface area contributed by atoms with E-state index in [4.69, 9.17) is 16.0 Å². The molecule has 100 valence electrons. The molecule has 0 saturated carbocycles. The average Bonchev–Trinajstić information content (AvgIpc) is 2.85. The summed E-state index contributed by atoms with van der Waals surface area (Å²) >= 11 is 5.80. The van der Waals surface area contributed by atoms with Crippen molar-refractivity contribution in [1.29, 1.82) is 0 Å². The first-order valence-corrected chi connectivity index (χ1v) is 6.91. The Morgan fingerprint density at radius 1 is 1.37 bits per heavy atom. The van der Waals surface area contributed by atoms with E-state index in [1.54, 1.807) is 12.4 Å². The highest BCUT2D eigenvalue weighted by atomic mass is 35.5. The molecule has 3 rings (SSSR count). The molecule has 0 bridgehead atoms. The van der Waals surface area contributed by atoms with Gasteiger partial charge in [-0.05, 0) is 49.2 Å². The number of aromatic nitrogens is 2. The van der Waals surface area contributed by atoms with Crippen LogP contribution in [0.4, 0.5) is 0 Å². The third kappa shape index (κ3) is 3.14. The summed E-state index contributed by atoms with van der Waals surface area (Å²) in [6, 6.07) is 5.75. The molecule has 5 heteroatoms. The van der Waals surface area contributed by atoms with Gasteiger partial charge in [-0.3, -0.25) is 4.90 Å². The van der Waals surface area contributed by atoms with Gasteiger partial charge in [0.1, 0.15) is 12.1 Å². The van der Waals surface area contributed by atoms with Crippen molar-refractivity contribution in [2.24, 2.45) is 0 Å². The maximum Gasteiger partial charge on any atom is 0.193 e. The van der Waals surface area contributed by atoms with Crippen LogP contribution in [0.25, 0.3) is 0 Å². The SMILES string of the molecule is Clc1ccc(CN2CCC[C@@H](c3ccncn3)C2)o1. The van der Waals surface area contributed by atoms with E-state index in [-0.39, 0.29) is 0 Å². The molecule has 3 heterocycles. The predicted octanol–water partition coefficient (Wildman–Crippen LogP) is 3.10. The maximum atomic E-state index is 5.80. The molecule has 1 saturated heterocycles. The van der Waals surface area contributed by atoms with E-state index in [2.05, 4.69) is 14.9 Å². The number of hydrogen-bond acceptors (Lipinski definition) is 4. The molecule has 0 amide bonds. The summed E-state index contributed by atoms with van der Waals surface area (Å²) in [4.78, 5) is 10.7. The minimum absolute atomic E-state index is 0.458. The van der Waals surface area contributed by atoms with Crippen LogP contribution in [0.1, 0.15) is 30.2 Å². The van der Waals surface area contributed by atoms with Crippen LogP contribution in [0.5, 0.6) is 0 Å². The predicted molar refractivity (Wildman–Crippen MR) is 73.0 cm³/mol. The molecular weight excluding hydrogens is 262 g/mol. The lowest BCUT2D eigenvalue weighted by atomic mass is 9.94. The molecule has 2 aromatic heterocycles. The number of piperidine rings is 1. The zero-order valence-corrected chi connectivity index (χ0v) is 11.4. The van der Waals surface area contributed by atoms with Crippen LogP contribution in [-0.2, 0) is 6.54 Å². The van der Waals surface area contributed by atoms with Gasteiger partial charge in [-0.15, -0.1) is 0 Å². The molecule has 0 radical (unpaired) electrons. The first-order valence-electron chi connectivity index (χ1n) is 6.54. The van der Waals surface area contributed by atoms with E-state index in [9.17, 15) is 0 Å². The lowest BCUT2D eigenvalue weighted by Crippen LogP contribution is -2.34. The number of hydrogen-bond donors (Lipinski definition) is 0. The van der Waals surface area contributed by atoms with Crippen molar-refractivity contribution in [2.75, 3.05) is 13.1 Å². The van der Waals surface area contributed by atoms with Gasteiger partial charge in [-0.2, -0.15) is 0 Å². The van der Waals surface area contributed by atoms with Crippen molar-refractivity contribution in [2.45, 2.75) is 25.3 Å². The summed E-state index contributed by atoms with van der Waals surface area (Å²) in [7, 11) is 0. The van der Waals surface area contributed by atoms with Gasteiger partial charge in [0.25, 0.3) is 0 Å². The van der Waals surface area contributed by atoms with E-state index >= 15 is 0 Å². The van der Waals surface area contributed by atoms with Crippen molar-refractivity contribution in [3.05, 3.63) is 47.4 Å². The number of rotatable bonds is 3. The van der Waals surface area contributed by atoms with Crippen molar-refractivity contribution >= 4 is 11.6 Å². The van der Waals surface area contributed by atoms with Crippen molar-refractivity contribution < 1.29 is 4.42 Å². The quantitative estimate of drug-likeness (QED) is 0.864. The Morgan fingerprint density at radius 3 is 3.05 bits per heavy atom. The van der Waals surface area contributed by atoms with E-state index in [1.807, 2.05) is 18.3 Å². The number of nitrogens with zero attached hydrogens (tertiary/aromatic N) is 3. The number of likely N-dealkylation sites (tertiary alicyclic amines) is 1. The Hall–Kier alpha value is -1.39. The molecule has 19 heavy (non-hydrogen) atoms. The van der Waals surface area contributed by atoms with E-state index in [0.717, 1.165) is 31.1 Å². The molecule has 0 N–H and O–H groups in total. The monoisotopic (exact) mass is 277 g/mol. The highest BCUT2D eigenvalue weighted by Crippen LogP contribution is 2.26. The minimum Gasteiger partial charge on any atom is -0.448 e. The molecule has 0 spiro atoms. The van der Waals surface area contributed by atoms with Gasteiger partial charge in [0, 0.05) is 24.4 Å². The van der Waals surface area contributed by atoms with Crippen LogP contribution in [-0.4, -0.2) is 28.0 Å². The van der Waals surface area contributed by atoms with Crippen molar-refractivity contribution in [3.8, 4) is 0 Å². The molecule has 2 aromatic rings. The lowest BCUT2D eigenvalue weighted by Gasteiger charge is -2.31. The van der Waals surface area contributed by atoms with Gasteiger partial charge in [0.2, 0.25) is 0 Å². The first-order chi connectivity index (χ1) is 9.31. The third-order valence-corrected chi connectivity index (χ3v) is 3.74. The zero-order chi connectivity index (χ0) is 13.1. The lowest BCUT2D eigenvalue weighted by molar-refractivity contribution is 0.185. The van der Waals surface area contributed by atoms with Gasteiger partial charge >= 0.3 is 0 Å². The Bertz CT molecular complexity index is 528. The molecule has 0 aliphatic carbocycles. The second-order valence-corrected chi connectivity index (χ2v) is 5.29. The Morgan fingerprint density at radius 2 is 2.32 bits per heavy atom. The molecule has 1 fully saturated rings. The van der Waals surface area contributed by atoms with Gasteiger partial charge in [-0.1, -0.05) is 0 Å². The minimum atomic E-state index is 0.458. The maximum absolute atomic E-state index is 5.80. The molecular formula is C14H16ClN3O. The third-order valence-electron chi connectivity index (χ3n) is 3.54. The largest absolute Gasteiger partial charge is 0.448 e. The molecule has 4 nitrogen and oxygen atoms in total. The highest BCUT2D eigenvalue weighted by Gasteiger charge is 2.22. The Labute approximate surface area is 117 Å². The van der Waals surface area contributed by atoms with Crippen molar-refractivity contribution in [1.82, 2.24) is 14.9 Å². The summed E-state index contributed by atoms with van der Waals surface area (Å²) < 4.78 is 5.43. The van der Waals surface area contributed by atoms with Crippen LogP contribution in [0.2, 0.25) is 5.22 Å². The summed E-state index contributed by atoms with van der Waals surface area (Å²) in [5, 5.41) is 0.458. The van der Waals surface area contributed by atoms with Crippen LogP contribution in [0.15, 0.2) is 35.1 Å². The fraction of sp³-hybridized carbons (Fsp3) is 0.429. The standard InChI is InChI=1S/C14H16ClN3O/c15-14-4-3-12(19-14)9-18-7-1-2-11(8-18)13-5-6-16-10-17-13/h3-6,10-11H,1-2,7-9H2/t11-/m1/s1. The summed E-state index contributed by atoms with van der Waals surface area (Å²) in [5.74, 6) is 1.41. The van der Waals surface area contributed by atoms with Crippen LogP contribution >= 0.6 is 11.6 Å². The van der Waals surface area contributed by atoms with Gasteiger partial charge in [0.15, 0.2) is 5.22 Å². The highest BCUT2D eigenvalue weighted by molar-refractivity contribution is 6.28. The van der Waals surface area contributed by atoms with Gasteiger partial charge < -0.3 is 4.42 Å². The summed E-state index contributed by atoms with van der Waals surface area (Å²) in [6.07, 6.45) is 5.81. The van der Waals surface area contributed by atoms with E-state index in [1.165, 1.54) is 12.8 Å². The molecule has 1 aliphatic heterocycles. The zero-order valence-electron chi connectivity index (χ0n) is 10.6. The van der Waals surface area contributed by atoms with Crippen LogP contribution in [0.3, 0.4) is 0 Å². The molecule has 0 unspecified atom stereocenters. The van der Waals surface area contributed by atoms with Gasteiger partial charge in [0.05, 0.1) is 6.54 Å². The topological polar surface area (TPSA) is 42.2 Å². The van der Waals surface area contributed by atoms with E-state index < -0.39 is 0 Å². The Kier molecular flexibility index (Phi) is 3.80. The molecule has 1 atom stereocenters. The molecule has 0 aromatic carbocycles. The normalized spacial score (nSPS) is 20.6. The fourth-order valence-corrected chi connectivity index (χ4v) is 2.80. The summed E-state index contributed by atoms with van der Waals surface area (Å²) in [5.41, 5.74) is 1.14. The molecule has 1 aliphatic rings. The Balaban J connectivity index is 1.65. The number of furan rings is 1. The van der Waals surface area contributed by atoms with Crippen molar-refractivity contribution in [3.63, 3.8) is 0 Å².